The second-order valence-electron chi connectivity index (χ2n) is 16.8. The number of benzene rings is 1. The van der Waals surface area contributed by atoms with Gasteiger partial charge in [-0.3, -0.25) is 0 Å². The number of aliphatic hydroxyl groups excluding tert-OH is 1. The molecule has 0 aliphatic heterocycles. The Morgan fingerprint density at radius 2 is 1.64 bits per heavy atom. The van der Waals surface area contributed by atoms with E-state index < -0.39 is 23.9 Å². The predicted molar refractivity (Wildman–Crippen MR) is 179 cm³/mol. The third kappa shape index (κ3) is 5.45. The molecule has 47 heavy (non-hydrogen) atoms. The van der Waals surface area contributed by atoms with Crippen molar-refractivity contribution in [2.45, 2.75) is 137 Å². The van der Waals surface area contributed by atoms with Crippen LogP contribution in [0.25, 0.3) is 0 Å². The summed E-state index contributed by atoms with van der Waals surface area (Å²) in [6.07, 6.45) is 3.63. The van der Waals surface area contributed by atoms with Crippen LogP contribution in [0.1, 0.15) is 118 Å². The van der Waals surface area contributed by atoms with Gasteiger partial charge in [0.2, 0.25) is 0 Å². The molecule has 0 spiro atoms. The molecule has 0 radical (unpaired) electrons. The summed E-state index contributed by atoms with van der Waals surface area (Å²) >= 11 is 0. The van der Waals surface area contributed by atoms with Crippen molar-refractivity contribution in [3.63, 3.8) is 0 Å². The van der Waals surface area contributed by atoms with Gasteiger partial charge in [0.1, 0.15) is 6.10 Å². The van der Waals surface area contributed by atoms with E-state index >= 15 is 0 Å². The minimum absolute atomic E-state index is 0.0900. The predicted octanol–water partition coefficient (Wildman–Crippen LogP) is 10.1. The first-order valence-corrected chi connectivity index (χ1v) is 17.8. The summed E-state index contributed by atoms with van der Waals surface area (Å²) in [5.74, 6) is -0.228. The number of aliphatic hydroxyl groups is 1. The van der Waals surface area contributed by atoms with Gasteiger partial charge in [0.05, 0.1) is 6.10 Å². The second-order valence-corrected chi connectivity index (χ2v) is 16.8. The lowest BCUT2D eigenvalue weighted by molar-refractivity contribution is -0.277. The molecule has 2 fully saturated rings. The van der Waals surface area contributed by atoms with E-state index in [1.165, 1.54) is 24.3 Å². The molecule has 0 amide bonds. The topological polar surface area (TPSA) is 55.8 Å². The van der Waals surface area contributed by atoms with E-state index in [-0.39, 0.29) is 33.3 Å². The number of methoxy groups -OCH3 is 1. The van der Waals surface area contributed by atoms with Crippen molar-refractivity contribution >= 4 is 5.97 Å². The Morgan fingerprint density at radius 1 is 0.979 bits per heavy atom. The van der Waals surface area contributed by atoms with E-state index in [4.69, 9.17) is 9.47 Å². The number of ether oxygens (including phenoxy) is 2. The van der Waals surface area contributed by atoms with Crippen LogP contribution in [-0.2, 0) is 19.9 Å². The lowest BCUT2D eigenvalue weighted by atomic mass is 9.43. The molecule has 4 aliphatic rings. The molecule has 1 aromatic rings. The SMILES string of the molecule is C=C(C)[C@@H](CC[C@H](C)[C@@H]1CC[C@]2(C)C3=C(CC[C@@]12C)[C@@]1(C)CC[C@H](O)C(C)(C)[C@@H]1CC3)OC(=O)[C@](OC)(c1ccccc1)C(F)(F)F. The van der Waals surface area contributed by atoms with Crippen molar-refractivity contribution in [2.24, 2.45) is 39.4 Å². The summed E-state index contributed by atoms with van der Waals surface area (Å²) in [5, 5.41) is 10.9. The summed E-state index contributed by atoms with van der Waals surface area (Å²) in [6.45, 7) is 20.0. The van der Waals surface area contributed by atoms with Crippen LogP contribution in [0, 0.1) is 39.4 Å². The molecule has 5 rings (SSSR count). The molecule has 0 aromatic heterocycles. The molecule has 0 heterocycles. The quantitative estimate of drug-likeness (QED) is 0.212. The highest BCUT2D eigenvalue weighted by molar-refractivity contribution is 5.83. The summed E-state index contributed by atoms with van der Waals surface area (Å²) in [6, 6.07) is 6.97. The standard InChI is InChI=1S/C40H57F3O4/c1-25(2)31(47-34(45)39(46-9,40(41,42)43)27-13-11-10-12-14-27)17-15-26(3)28-19-23-38(8)30-16-18-32-35(4,5)33(44)21-22-36(32,6)29(30)20-24-37(28,38)7/h10-14,26,28,31-33,44H,1,15-24H2,2-9H3/t26-,28-,31+,32-,33-,36+,37-,38+,39+/m0/s1. The zero-order valence-electron chi connectivity index (χ0n) is 29.9. The number of alkyl halides is 3. The zero-order valence-corrected chi connectivity index (χ0v) is 29.9. The van der Waals surface area contributed by atoms with Crippen molar-refractivity contribution in [2.75, 3.05) is 7.11 Å². The Labute approximate surface area is 280 Å². The van der Waals surface area contributed by atoms with Gasteiger partial charge in [-0.2, -0.15) is 13.2 Å². The summed E-state index contributed by atoms with van der Waals surface area (Å²) < 4.78 is 54.3. The van der Waals surface area contributed by atoms with Crippen molar-refractivity contribution < 1.29 is 32.5 Å². The van der Waals surface area contributed by atoms with Crippen molar-refractivity contribution in [1.82, 2.24) is 0 Å². The molecule has 0 bridgehead atoms. The average Bonchev–Trinajstić information content (AvgIpc) is 3.28. The van der Waals surface area contributed by atoms with E-state index in [0.717, 1.165) is 64.9 Å². The number of halogens is 3. The molecular formula is C40H57F3O4. The van der Waals surface area contributed by atoms with Crippen LogP contribution < -0.4 is 0 Å². The zero-order chi connectivity index (χ0) is 34.8. The molecular weight excluding hydrogens is 601 g/mol. The number of fused-ring (bicyclic) bond motifs is 4. The maximum Gasteiger partial charge on any atom is 0.432 e. The Morgan fingerprint density at radius 3 is 2.23 bits per heavy atom. The van der Waals surface area contributed by atoms with Gasteiger partial charge >= 0.3 is 12.1 Å². The fourth-order valence-corrected chi connectivity index (χ4v) is 11.2. The molecule has 9 atom stereocenters. The van der Waals surface area contributed by atoms with Crippen LogP contribution in [0.4, 0.5) is 13.2 Å². The molecule has 7 heteroatoms. The number of allylic oxidation sites excluding steroid dienone is 2. The van der Waals surface area contributed by atoms with E-state index in [9.17, 15) is 23.1 Å². The summed E-state index contributed by atoms with van der Waals surface area (Å²) in [4.78, 5) is 13.4. The largest absolute Gasteiger partial charge is 0.455 e. The number of esters is 1. The fraction of sp³-hybridized carbons (Fsp3) is 0.725. The van der Waals surface area contributed by atoms with Crippen LogP contribution in [0.15, 0.2) is 53.6 Å². The molecule has 2 saturated carbocycles. The third-order valence-corrected chi connectivity index (χ3v) is 14.3. The molecule has 1 aromatic carbocycles. The van der Waals surface area contributed by atoms with Gasteiger partial charge in [-0.15, -0.1) is 0 Å². The Bertz CT molecular complexity index is 1380. The van der Waals surface area contributed by atoms with E-state index in [0.29, 0.717) is 29.7 Å². The van der Waals surface area contributed by atoms with Crippen LogP contribution in [-0.4, -0.2) is 36.6 Å². The maximum atomic E-state index is 14.5. The number of carbonyl (C=O) groups excluding carboxylic acids is 1. The molecule has 4 aliphatic carbocycles. The van der Waals surface area contributed by atoms with Gasteiger partial charge in [-0.25, -0.2) is 4.79 Å². The van der Waals surface area contributed by atoms with Crippen LogP contribution in [0.2, 0.25) is 0 Å². The van der Waals surface area contributed by atoms with Gasteiger partial charge in [0.15, 0.2) is 0 Å². The first kappa shape index (κ1) is 36.2. The van der Waals surface area contributed by atoms with Crippen LogP contribution >= 0.6 is 0 Å². The Hall–Kier alpha value is -2.12. The number of rotatable bonds is 9. The monoisotopic (exact) mass is 658 g/mol. The van der Waals surface area contributed by atoms with Gasteiger partial charge in [-0.05, 0) is 116 Å². The van der Waals surface area contributed by atoms with Crippen molar-refractivity contribution in [1.29, 1.82) is 0 Å². The highest BCUT2D eigenvalue weighted by Crippen LogP contribution is 2.72. The summed E-state index contributed by atoms with van der Waals surface area (Å²) in [5.41, 5.74) is 0.620. The Balaban J connectivity index is 1.34. The van der Waals surface area contributed by atoms with Gasteiger partial charge in [-0.1, -0.05) is 89.6 Å². The smallest absolute Gasteiger partial charge is 0.432 e. The lowest BCUT2D eigenvalue weighted by Gasteiger charge is -2.62. The normalized spacial score (nSPS) is 36.0. The van der Waals surface area contributed by atoms with Crippen molar-refractivity contribution in [3.05, 3.63) is 59.2 Å². The number of carbonyl (C=O) groups is 1. The van der Waals surface area contributed by atoms with Gasteiger partial charge in [0, 0.05) is 12.7 Å². The molecule has 1 N–H and O–H groups in total. The molecule has 4 nitrogen and oxygen atoms in total. The first-order chi connectivity index (χ1) is 21.8. The number of hydrogen-bond acceptors (Lipinski definition) is 4. The van der Waals surface area contributed by atoms with Crippen molar-refractivity contribution in [3.8, 4) is 0 Å². The highest BCUT2D eigenvalue weighted by Gasteiger charge is 2.65. The van der Waals surface area contributed by atoms with Crippen LogP contribution in [0.3, 0.4) is 0 Å². The summed E-state index contributed by atoms with van der Waals surface area (Å²) in [7, 11) is 0.897. The number of hydrogen-bond donors (Lipinski definition) is 1. The molecule has 262 valence electrons. The van der Waals surface area contributed by atoms with E-state index in [1.807, 2.05) is 0 Å². The third-order valence-electron chi connectivity index (χ3n) is 14.3. The first-order valence-electron chi connectivity index (χ1n) is 17.8. The maximum absolute atomic E-state index is 14.5. The average molecular weight is 659 g/mol. The Kier molecular flexibility index (Phi) is 9.49. The highest BCUT2D eigenvalue weighted by atomic mass is 19.4. The molecule has 0 unspecified atom stereocenters. The van der Waals surface area contributed by atoms with E-state index in [2.05, 4.69) is 48.1 Å². The second kappa shape index (κ2) is 12.3. The van der Waals surface area contributed by atoms with Crippen LogP contribution in [0.5, 0.6) is 0 Å². The lowest BCUT2D eigenvalue weighted by Crippen LogP contribution is -2.55. The van der Waals surface area contributed by atoms with E-state index in [1.54, 1.807) is 24.1 Å². The van der Waals surface area contributed by atoms with Gasteiger partial charge < -0.3 is 14.6 Å². The van der Waals surface area contributed by atoms with Gasteiger partial charge in [0.25, 0.3) is 5.60 Å². The minimum Gasteiger partial charge on any atom is -0.455 e. The molecule has 0 saturated heterocycles. The fourth-order valence-electron chi connectivity index (χ4n) is 11.2. The minimum atomic E-state index is -5.02.